The van der Waals surface area contributed by atoms with Crippen LogP contribution in [0.15, 0.2) is 0 Å². The third-order valence-electron chi connectivity index (χ3n) is 3.09. The number of rotatable bonds is 6. The summed E-state index contributed by atoms with van der Waals surface area (Å²) in [6.45, 7) is 8.81. The van der Waals surface area contributed by atoms with Crippen LogP contribution in [-0.2, 0) is 6.54 Å². The summed E-state index contributed by atoms with van der Waals surface area (Å²) in [7, 11) is 0. The Kier molecular flexibility index (Phi) is 6.53. The Hall–Kier alpha value is 0.290. The van der Waals surface area contributed by atoms with E-state index in [9.17, 15) is 0 Å². The summed E-state index contributed by atoms with van der Waals surface area (Å²) in [6, 6.07) is 0. The predicted octanol–water partition coefficient (Wildman–Crippen LogP) is 4.29. The van der Waals surface area contributed by atoms with Crippen molar-refractivity contribution >= 4 is 34.9 Å². The molecule has 19 heavy (non-hydrogen) atoms. The van der Waals surface area contributed by atoms with Crippen LogP contribution < -0.4 is 5.32 Å². The highest BCUT2D eigenvalue weighted by Gasteiger charge is 2.22. The molecule has 1 unspecified atom stereocenters. The third-order valence-corrected chi connectivity index (χ3v) is 7.19. The second kappa shape index (κ2) is 7.91. The Morgan fingerprint density at radius 2 is 2.21 bits per heavy atom. The lowest BCUT2D eigenvalue weighted by atomic mass is 10.1. The number of thiazole rings is 1. The van der Waals surface area contributed by atoms with Gasteiger partial charge in [-0.2, -0.15) is 11.8 Å². The molecule has 0 aromatic carbocycles. The van der Waals surface area contributed by atoms with E-state index >= 15 is 0 Å². The lowest BCUT2D eigenvalue weighted by Gasteiger charge is -2.18. The highest BCUT2D eigenvalue weighted by Crippen LogP contribution is 2.40. The van der Waals surface area contributed by atoms with Gasteiger partial charge in [0.05, 0.1) is 10.9 Å². The molecular formula is C14H24N2S3. The molecule has 1 atom stereocenters. The number of nitrogens with zero attached hydrogens (tertiary/aromatic N) is 1. The topological polar surface area (TPSA) is 24.9 Å². The van der Waals surface area contributed by atoms with Gasteiger partial charge in [0, 0.05) is 28.7 Å². The maximum Gasteiger partial charge on any atom is 0.107 e. The van der Waals surface area contributed by atoms with Crippen LogP contribution in [0.5, 0.6) is 0 Å². The fraction of sp³-hybridized carbons (Fsp3) is 0.786. The Balaban J connectivity index is 2.09. The number of thioether (sulfide) groups is 2. The van der Waals surface area contributed by atoms with E-state index in [1.165, 1.54) is 39.3 Å². The van der Waals surface area contributed by atoms with Gasteiger partial charge >= 0.3 is 0 Å². The van der Waals surface area contributed by atoms with E-state index in [-0.39, 0.29) is 0 Å². The summed E-state index contributed by atoms with van der Waals surface area (Å²) >= 11 is 6.10. The van der Waals surface area contributed by atoms with E-state index in [4.69, 9.17) is 4.98 Å². The molecule has 1 aromatic rings. The van der Waals surface area contributed by atoms with Crippen molar-refractivity contribution < 1.29 is 0 Å². The first-order chi connectivity index (χ1) is 9.22. The zero-order chi connectivity index (χ0) is 13.7. The fourth-order valence-electron chi connectivity index (χ4n) is 2.11. The molecule has 1 fully saturated rings. The highest BCUT2D eigenvalue weighted by atomic mass is 32.2. The van der Waals surface area contributed by atoms with Gasteiger partial charge < -0.3 is 5.32 Å². The number of hydrogen-bond acceptors (Lipinski definition) is 5. The molecule has 5 heteroatoms. The zero-order valence-electron chi connectivity index (χ0n) is 12.1. The Morgan fingerprint density at radius 1 is 1.37 bits per heavy atom. The Labute approximate surface area is 129 Å². The number of nitrogens with one attached hydrogen (secondary N) is 1. The monoisotopic (exact) mass is 316 g/mol. The molecule has 1 aliphatic heterocycles. The zero-order valence-corrected chi connectivity index (χ0v) is 14.5. The molecule has 2 heterocycles. The van der Waals surface area contributed by atoms with Gasteiger partial charge in [-0.1, -0.05) is 20.8 Å². The lowest BCUT2D eigenvalue weighted by molar-refractivity contribution is 0.670. The van der Waals surface area contributed by atoms with Crippen molar-refractivity contribution in [3.8, 4) is 0 Å². The van der Waals surface area contributed by atoms with Gasteiger partial charge in [-0.3, -0.25) is 0 Å². The van der Waals surface area contributed by atoms with E-state index in [2.05, 4.69) is 49.6 Å². The van der Waals surface area contributed by atoms with E-state index in [1.807, 2.05) is 11.3 Å². The summed E-state index contributed by atoms with van der Waals surface area (Å²) in [5, 5.41) is 5.50. The van der Waals surface area contributed by atoms with Gasteiger partial charge in [-0.25, -0.2) is 4.98 Å². The minimum atomic E-state index is 0.532. The molecule has 2 nitrogen and oxygen atoms in total. The summed E-state index contributed by atoms with van der Waals surface area (Å²) in [5.74, 6) is 4.34. The van der Waals surface area contributed by atoms with Crippen LogP contribution in [0.25, 0.3) is 0 Å². The second-order valence-electron chi connectivity index (χ2n) is 5.13. The van der Waals surface area contributed by atoms with Gasteiger partial charge in [0.15, 0.2) is 0 Å². The van der Waals surface area contributed by atoms with Crippen molar-refractivity contribution in [2.75, 3.05) is 23.8 Å². The fourth-order valence-corrected chi connectivity index (χ4v) is 6.28. The molecule has 0 aliphatic carbocycles. The summed E-state index contributed by atoms with van der Waals surface area (Å²) in [5.41, 5.74) is 1.32. The van der Waals surface area contributed by atoms with Crippen LogP contribution in [-0.4, -0.2) is 28.8 Å². The Morgan fingerprint density at radius 3 is 2.84 bits per heavy atom. The first kappa shape index (κ1) is 15.7. The minimum Gasteiger partial charge on any atom is -0.312 e. The van der Waals surface area contributed by atoms with Crippen molar-refractivity contribution in [3.05, 3.63) is 15.6 Å². The van der Waals surface area contributed by atoms with Crippen molar-refractivity contribution in [2.45, 2.75) is 44.9 Å². The summed E-state index contributed by atoms with van der Waals surface area (Å²) in [6.07, 6.45) is 1.19. The molecule has 1 aromatic heterocycles. The second-order valence-corrected chi connectivity index (χ2v) is 8.70. The van der Waals surface area contributed by atoms with Crippen LogP contribution in [0, 0.1) is 0 Å². The lowest BCUT2D eigenvalue weighted by Crippen LogP contribution is -2.14. The molecule has 1 saturated heterocycles. The summed E-state index contributed by atoms with van der Waals surface area (Å²) in [4.78, 5) is 6.41. The van der Waals surface area contributed by atoms with Gasteiger partial charge in [-0.05, 0) is 18.9 Å². The first-order valence-electron chi connectivity index (χ1n) is 7.12. The van der Waals surface area contributed by atoms with Crippen LogP contribution in [0.4, 0.5) is 0 Å². The van der Waals surface area contributed by atoms with Crippen molar-refractivity contribution in [1.82, 2.24) is 10.3 Å². The first-order valence-corrected chi connectivity index (χ1v) is 10.1. The van der Waals surface area contributed by atoms with Crippen LogP contribution in [0.3, 0.4) is 0 Å². The van der Waals surface area contributed by atoms with Crippen LogP contribution in [0.2, 0.25) is 0 Å². The summed E-state index contributed by atoms with van der Waals surface area (Å²) < 4.78 is 0. The van der Waals surface area contributed by atoms with E-state index < -0.39 is 0 Å². The molecule has 0 saturated carbocycles. The number of hydrogen-bond donors (Lipinski definition) is 1. The largest absolute Gasteiger partial charge is 0.312 e. The molecular weight excluding hydrogens is 292 g/mol. The smallest absolute Gasteiger partial charge is 0.107 e. The van der Waals surface area contributed by atoms with Crippen LogP contribution >= 0.6 is 34.9 Å². The maximum absolute atomic E-state index is 4.96. The third kappa shape index (κ3) is 4.38. The molecule has 0 spiro atoms. The quantitative estimate of drug-likeness (QED) is 0.792. The van der Waals surface area contributed by atoms with Crippen molar-refractivity contribution in [2.24, 2.45) is 0 Å². The van der Waals surface area contributed by atoms with Gasteiger partial charge in [0.2, 0.25) is 0 Å². The maximum atomic E-state index is 4.96. The van der Waals surface area contributed by atoms with Gasteiger partial charge in [0.25, 0.3) is 0 Å². The number of aromatic nitrogens is 1. The molecule has 0 radical (unpaired) electrons. The van der Waals surface area contributed by atoms with Crippen LogP contribution in [0.1, 0.15) is 53.9 Å². The highest BCUT2D eigenvalue weighted by molar-refractivity contribution is 8.06. The standard InChI is InChI=1S/C14H24N2S3/c1-4-5-15-8-11-13(10(2)3)16-14(19-11)12-9-17-6-7-18-12/h10,12,15H,4-9H2,1-3H3. The average molecular weight is 317 g/mol. The minimum absolute atomic E-state index is 0.532. The van der Waals surface area contributed by atoms with E-state index in [0.717, 1.165) is 13.1 Å². The van der Waals surface area contributed by atoms with E-state index in [1.54, 1.807) is 0 Å². The molecule has 0 amide bonds. The van der Waals surface area contributed by atoms with Crippen molar-refractivity contribution in [1.29, 1.82) is 0 Å². The average Bonchev–Trinajstić information content (AvgIpc) is 2.84. The molecule has 1 aliphatic rings. The Bertz CT molecular complexity index is 384. The molecule has 2 rings (SSSR count). The van der Waals surface area contributed by atoms with E-state index in [0.29, 0.717) is 11.2 Å². The normalized spacial score (nSPS) is 20.1. The van der Waals surface area contributed by atoms with Gasteiger partial charge in [-0.15, -0.1) is 23.1 Å². The molecule has 1 N–H and O–H groups in total. The predicted molar refractivity (Wildman–Crippen MR) is 90.7 cm³/mol. The SMILES string of the molecule is CCCNCc1sc(C2CSCCS2)nc1C(C)C. The molecule has 108 valence electrons. The van der Waals surface area contributed by atoms with Crippen molar-refractivity contribution in [3.63, 3.8) is 0 Å². The molecule has 0 bridgehead atoms. The van der Waals surface area contributed by atoms with Gasteiger partial charge in [0.1, 0.15) is 5.01 Å².